The van der Waals surface area contributed by atoms with Gasteiger partial charge >= 0.3 is 0 Å². The maximum atomic E-state index is 13.1. The molecule has 3 heteroatoms. The average Bonchev–Trinajstić information content (AvgIpc) is 2.34. The van der Waals surface area contributed by atoms with E-state index in [1.165, 1.54) is 18.2 Å². The van der Waals surface area contributed by atoms with Crippen LogP contribution in [0.4, 0.5) is 10.1 Å². The molecule has 0 aliphatic heterocycles. The predicted octanol–water partition coefficient (Wildman–Crippen LogP) is 3.39. The first-order chi connectivity index (χ1) is 8.16. The van der Waals surface area contributed by atoms with Gasteiger partial charge in [-0.3, -0.25) is 4.79 Å². The summed E-state index contributed by atoms with van der Waals surface area (Å²) in [4.78, 5) is 11.8. The Morgan fingerprint density at radius 3 is 2.47 bits per heavy atom. The average molecular weight is 229 g/mol. The summed E-state index contributed by atoms with van der Waals surface area (Å²) in [7, 11) is 0. The van der Waals surface area contributed by atoms with Crippen molar-refractivity contribution in [2.24, 2.45) is 0 Å². The van der Waals surface area contributed by atoms with Gasteiger partial charge in [-0.25, -0.2) is 4.39 Å². The normalized spacial score (nSPS) is 10.0. The van der Waals surface area contributed by atoms with Crippen LogP contribution in [-0.2, 0) is 0 Å². The molecule has 2 rings (SSSR count). The van der Waals surface area contributed by atoms with Gasteiger partial charge in [0.15, 0.2) is 0 Å². The lowest BCUT2D eigenvalue weighted by Crippen LogP contribution is -2.12. The van der Waals surface area contributed by atoms with Crippen LogP contribution in [0.3, 0.4) is 0 Å². The van der Waals surface area contributed by atoms with Crippen LogP contribution in [0.25, 0.3) is 0 Å². The number of para-hydroxylation sites is 1. The van der Waals surface area contributed by atoms with E-state index in [0.717, 1.165) is 5.69 Å². The van der Waals surface area contributed by atoms with Crippen molar-refractivity contribution in [2.45, 2.75) is 6.92 Å². The van der Waals surface area contributed by atoms with Gasteiger partial charge in [-0.1, -0.05) is 18.2 Å². The summed E-state index contributed by atoms with van der Waals surface area (Å²) in [6.45, 7) is 1.63. The van der Waals surface area contributed by atoms with Crippen LogP contribution in [0, 0.1) is 12.7 Å². The van der Waals surface area contributed by atoms with E-state index in [9.17, 15) is 9.18 Å². The molecule has 1 amide bonds. The summed E-state index contributed by atoms with van der Waals surface area (Å²) in [5, 5.41) is 2.74. The Morgan fingerprint density at radius 2 is 1.82 bits per heavy atom. The molecule has 0 unspecified atom stereocenters. The number of benzene rings is 2. The van der Waals surface area contributed by atoms with Crippen LogP contribution in [0.1, 0.15) is 15.9 Å². The highest BCUT2D eigenvalue weighted by molar-refractivity contribution is 6.04. The van der Waals surface area contributed by atoms with Crippen molar-refractivity contribution < 1.29 is 9.18 Å². The Bertz CT molecular complexity index is 537. The zero-order chi connectivity index (χ0) is 12.3. The number of carbonyl (C=O) groups excluding carboxylic acids is 1. The van der Waals surface area contributed by atoms with E-state index in [-0.39, 0.29) is 11.7 Å². The van der Waals surface area contributed by atoms with Crippen molar-refractivity contribution in [2.75, 3.05) is 5.32 Å². The van der Waals surface area contributed by atoms with Crippen LogP contribution >= 0.6 is 0 Å². The minimum atomic E-state index is -0.304. The molecule has 0 aliphatic carbocycles. The predicted molar refractivity (Wildman–Crippen MR) is 65.5 cm³/mol. The summed E-state index contributed by atoms with van der Waals surface area (Å²) in [6, 6.07) is 13.5. The lowest BCUT2D eigenvalue weighted by atomic mass is 10.1. The Labute approximate surface area is 99.1 Å². The summed E-state index contributed by atoms with van der Waals surface area (Å²) in [5.74, 6) is -0.541. The molecule has 2 nitrogen and oxygen atoms in total. The quantitative estimate of drug-likeness (QED) is 0.840. The minimum absolute atomic E-state index is 0.237. The molecule has 2 aromatic carbocycles. The Hall–Kier alpha value is -2.16. The van der Waals surface area contributed by atoms with E-state index in [1.807, 2.05) is 18.2 Å². The van der Waals surface area contributed by atoms with E-state index < -0.39 is 0 Å². The second-order valence-corrected chi connectivity index (χ2v) is 3.78. The monoisotopic (exact) mass is 229 g/mol. The second kappa shape index (κ2) is 4.78. The van der Waals surface area contributed by atoms with E-state index >= 15 is 0 Å². The fourth-order valence-electron chi connectivity index (χ4n) is 1.51. The minimum Gasteiger partial charge on any atom is -0.322 e. The molecule has 0 aliphatic rings. The highest BCUT2D eigenvalue weighted by Crippen LogP contribution is 2.12. The number of hydrogen-bond donors (Lipinski definition) is 1. The van der Waals surface area contributed by atoms with Crippen LogP contribution < -0.4 is 5.32 Å². The van der Waals surface area contributed by atoms with Gasteiger partial charge in [0.2, 0.25) is 0 Å². The van der Waals surface area contributed by atoms with Crippen molar-refractivity contribution in [3.8, 4) is 0 Å². The molecular weight excluding hydrogens is 217 g/mol. The number of hydrogen-bond acceptors (Lipinski definition) is 1. The third-order valence-corrected chi connectivity index (χ3v) is 2.45. The maximum absolute atomic E-state index is 13.1. The van der Waals surface area contributed by atoms with Crippen LogP contribution in [0.5, 0.6) is 0 Å². The van der Waals surface area contributed by atoms with E-state index in [1.54, 1.807) is 19.1 Å². The molecule has 0 saturated carbocycles. The largest absolute Gasteiger partial charge is 0.322 e. The lowest BCUT2D eigenvalue weighted by Gasteiger charge is -2.05. The Morgan fingerprint density at radius 1 is 1.12 bits per heavy atom. The first kappa shape index (κ1) is 11.3. The molecule has 0 aromatic heterocycles. The SMILES string of the molecule is Cc1cc(C(=O)Nc2ccccc2)ccc1F. The van der Waals surface area contributed by atoms with Crippen LogP contribution in [-0.4, -0.2) is 5.91 Å². The summed E-state index contributed by atoms with van der Waals surface area (Å²) in [6.07, 6.45) is 0. The zero-order valence-corrected chi connectivity index (χ0v) is 9.41. The van der Waals surface area contributed by atoms with Crippen LogP contribution in [0.2, 0.25) is 0 Å². The lowest BCUT2D eigenvalue weighted by molar-refractivity contribution is 0.102. The molecular formula is C14H12FNO. The van der Waals surface area contributed by atoms with Gasteiger partial charge in [0.25, 0.3) is 5.91 Å². The molecule has 2 aromatic rings. The number of carbonyl (C=O) groups is 1. The number of anilines is 1. The smallest absolute Gasteiger partial charge is 0.255 e. The number of aryl methyl sites for hydroxylation is 1. The number of halogens is 1. The van der Waals surface area contributed by atoms with Gasteiger partial charge in [0.05, 0.1) is 0 Å². The van der Waals surface area contributed by atoms with Crippen molar-refractivity contribution >= 4 is 11.6 Å². The van der Waals surface area contributed by atoms with Gasteiger partial charge in [-0.05, 0) is 42.8 Å². The molecule has 0 spiro atoms. The third-order valence-electron chi connectivity index (χ3n) is 2.45. The number of amides is 1. The number of rotatable bonds is 2. The highest BCUT2D eigenvalue weighted by Gasteiger charge is 2.07. The van der Waals surface area contributed by atoms with E-state index in [2.05, 4.69) is 5.32 Å². The molecule has 0 atom stereocenters. The Kier molecular flexibility index (Phi) is 3.19. The molecule has 0 heterocycles. The van der Waals surface area contributed by atoms with Gasteiger partial charge in [0, 0.05) is 11.3 Å². The van der Waals surface area contributed by atoms with Gasteiger partial charge in [-0.15, -0.1) is 0 Å². The van der Waals surface area contributed by atoms with Gasteiger partial charge < -0.3 is 5.32 Å². The molecule has 86 valence electrons. The summed E-state index contributed by atoms with van der Waals surface area (Å²) < 4.78 is 13.1. The van der Waals surface area contributed by atoms with Crippen LogP contribution in [0.15, 0.2) is 48.5 Å². The van der Waals surface area contributed by atoms with Crippen molar-refractivity contribution in [3.63, 3.8) is 0 Å². The fraction of sp³-hybridized carbons (Fsp3) is 0.0714. The van der Waals surface area contributed by atoms with Crippen molar-refractivity contribution in [3.05, 3.63) is 65.5 Å². The zero-order valence-electron chi connectivity index (χ0n) is 9.41. The first-order valence-electron chi connectivity index (χ1n) is 5.29. The molecule has 17 heavy (non-hydrogen) atoms. The standard InChI is InChI=1S/C14H12FNO/c1-10-9-11(7-8-13(10)15)14(17)16-12-5-3-2-4-6-12/h2-9H,1H3,(H,16,17). The third kappa shape index (κ3) is 2.69. The van der Waals surface area contributed by atoms with Crippen molar-refractivity contribution in [1.82, 2.24) is 0 Å². The number of nitrogens with one attached hydrogen (secondary N) is 1. The van der Waals surface area contributed by atoms with E-state index in [4.69, 9.17) is 0 Å². The first-order valence-corrected chi connectivity index (χ1v) is 5.29. The topological polar surface area (TPSA) is 29.1 Å². The highest BCUT2D eigenvalue weighted by atomic mass is 19.1. The van der Waals surface area contributed by atoms with Gasteiger partial charge in [-0.2, -0.15) is 0 Å². The summed E-state index contributed by atoms with van der Waals surface area (Å²) >= 11 is 0. The molecule has 0 saturated heterocycles. The molecule has 0 bridgehead atoms. The summed E-state index contributed by atoms with van der Waals surface area (Å²) in [5.41, 5.74) is 1.64. The molecule has 1 N–H and O–H groups in total. The Balaban J connectivity index is 2.18. The maximum Gasteiger partial charge on any atom is 0.255 e. The van der Waals surface area contributed by atoms with E-state index in [0.29, 0.717) is 11.1 Å². The van der Waals surface area contributed by atoms with Crippen molar-refractivity contribution in [1.29, 1.82) is 0 Å². The molecule has 0 radical (unpaired) electrons. The second-order valence-electron chi connectivity index (χ2n) is 3.78. The molecule has 0 fully saturated rings. The van der Waals surface area contributed by atoms with Gasteiger partial charge in [0.1, 0.15) is 5.82 Å². The fourth-order valence-corrected chi connectivity index (χ4v) is 1.51.